The molecule has 24 heavy (non-hydrogen) atoms. The van der Waals surface area contributed by atoms with E-state index in [4.69, 9.17) is 0 Å². The van der Waals surface area contributed by atoms with Gasteiger partial charge in [-0.05, 0) is 37.1 Å². The number of carbonyl (C=O) groups is 1. The van der Waals surface area contributed by atoms with Gasteiger partial charge in [-0.2, -0.15) is 0 Å². The van der Waals surface area contributed by atoms with E-state index < -0.39 is 0 Å². The average Bonchev–Trinajstić information content (AvgIpc) is 2.62. The molecule has 1 aromatic heterocycles. The lowest BCUT2D eigenvalue weighted by Crippen LogP contribution is -2.42. The highest BCUT2D eigenvalue weighted by atomic mass is 19.1. The molecule has 1 amide bonds. The second kappa shape index (κ2) is 7.25. The van der Waals surface area contributed by atoms with Crippen LogP contribution in [0, 0.1) is 5.82 Å². The highest BCUT2D eigenvalue weighted by molar-refractivity contribution is 5.91. The zero-order chi connectivity index (χ0) is 16.9. The SMILES string of the molecule is CNC(=O)c1ccc(NC2CCCN(c3ccccc3F)C2)nn1. The Kier molecular flexibility index (Phi) is 4.88. The maximum absolute atomic E-state index is 14.0. The smallest absolute Gasteiger partial charge is 0.271 e. The summed E-state index contributed by atoms with van der Waals surface area (Å²) in [5, 5.41) is 13.8. The molecule has 0 radical (unpaired) electrons. The number of para-hydroxylation sites is 1. The number of aromatic nitrogens is 2. The van der Waals surface area contributed by atoms with Crippen LogP contribution in [0.4, 0.5) is 15.9 Å². The molecule has 1 fully saturated rings. The lowest BCUT2D eigenvalue weighted by molar-refractivity contribution is 0.0957. The third-order valence-corrected chi connectivity index (χ3v) is 4.09. The van der Waals surface area contributed by atoms with Crippen LogP contribution < -0.4 is 15.5 Å². The van der Waals surface area contributed by atoms with Crippen LogP contribution in [0.3, 0.4) is 0 Å². The third kappa shape index (κ3) is 3.61. The molecule has 1 unspecified atom stereocenters. The summed E-state index contributed by atoms with van der Waals surface area (Å²) in [7, 11) is 1.55. The molecule has 6 nitrogen and oxygen atoms in total. The Labute approximate surface area is 140 Å². The second-order valence-electron chi connectivity index (χ2n) is 5.76. The maximum atomic E-state index is 14.0. The minimum Gasteiger partial charge on any atom is -0.367 e. The fourth-order valence-electron chi connectivity index (χ4n) is 2.89. The lowest BCUT2D eigenvalue weighted by atomic mass is 10.0. The summed E-state index contributed by atoms with van der Waals surface area (Å²) >= 11 is 0. The Hall–Kier alpha value is -2.70. The molecule has 0 saturated carbocycles. The van der Waals surface area contributed by atoms with Crippen molar-refractivity contribution in [2.45, 2.75) is 18.9 Å². The Morgan fingerprint density at radius 3 is 2.79 bits per heavy atom. The van der Waals surface area contributed by atoms with Gasteiger partial charge in [-0.1, -0.05) is 12.1 Å². The molecular formula is C17H20FN5O. The topological polar surface area (TPSA) is 70.2 Å². The van der Waals surface area contributed by atoms with Gasteiger partial charge in [0.25, 0.3) is 5.91 Å². The van der Waals surface area contributed by atoms with Crippen LogP contribution >= 0.6 is 0 Å². The number of hydrogen-bond acceptors (Lipinski definition) is 5. The normalized spacial score (nSPS) is 17.4. The molecule has 0 bridgehead atoms. The van der Waals surface area contributed by atoms with Crippen molar-refractivity contribution in [3.8, 4) is 0 Å². The van der Waals surface area contributed by atoms with Crippen molar-refractivity contribution in [2.24, 2.45) is 0 Å². The van der Waals surface area contributed by atoms with Crippen molar-refractivity contribution >= 4 is 17.4 Å². The van der Waals surface area contributed by atoms with Gasteiger partial charge in [0.15, 0.2) is 5.69 Å². The number of piperidine rings is 1. The number of benzene rings is 1. The van der Waals surface area contributed by atoms with Gasteiger partial charge in [0.05, 0.1) is 5.69 Å². The van der Waals surface area contributed by atoms with E-state index in [0.717, 1.165) is 19.4 Å². The Morgan fingerprint density at radius 2 is 2.08 bits per heavy atom. The van der Waals surface area contributed by atoms with Gasteiger partial charge in [-0.25, -0.2) is 4.39 Å². The lowest BCUT2D eigenvalue weighted by Gasteiger charge is -2.35. The number of hydrogen-bond donors (Lipinski definition) is 2. The molecule has 2 N–H and O–H groups in total. The second-order valence-corrected chi connectivity index (χ2v) is 5.76. The number of amides is 1. The predicted molar refractivity (Wildman–Crippen MR) is 90.7 cm³/mol. The van der Waals surface area contributed by atoms with Gasteiger partial charge in [-0.15, -0.1) is 10.2 Å². The number of rotatable bonds is 4. The van der Waals surface area contributed by atoms with E-state index in [1.807, 2.05) is 11.0 Å². The van der Waals surface area contributed by atoms with Gasteiger partial charge < -0.3 is 15.5 Å². The van der Waals surface area contributed by atoms with Gasteiger partial charge >= 0.3 is 0 Å². The van der Waals surface area contributed by atoms with Crippen LogP contribution in [0.2, 0.25) is 0 Å². The summed E-state index contributed by atoms with van der Waals surface area (Å²) in [5.74, 6) is 0.147. The predicted octanol–water partition coefficient (Wildman–Crippen LogP) is 2.06. The van der Waals surface area contributed by atoms with Crippen molar-refractivity contribution in [1.82, 2.24) is 15.5 Å². The highest BCUT2D eigenvalue weighted by Gasteiger charge is 2.22. The first-order chi connectivity index (χ1) is 11.7. The van der Waals surface area contributed by atoms with E-state index in [9.17, 15) is 9.18 Å². The fraction of sp³-hybridized carbons (Fsp3) is 0.353. The van der Waals surface area contributed by atoms with Crippen molar-refractivity contribution < 1.29 is 9.18 Å². The summed E-state index contributed by atoms with van der Waals surface area (Å²) in [6.07, 6.45) is 1.94. The first kappa shape index (κ1) is 16.2. The summed E-state index contributed by atoms with van der Waals surface area (Å²) in [4.78, 5) is 13.5. The molecular weight excluding hydrogens is 309 g/mol. The Balaban J connectivity index is 1.65. The molecule has 2 heterocycles. The molecule has 0 aliphatic carbocycles. The Bertz CT molecular complexity index is 706. The van der Waals surface area contributed by atoms with E-state index in [-0.39, 0.29) is 23.5 Å². The van der Waals surface area contributed by atoms with Gasteiger partial charge in [0, 0.05) is 26.2 Å². The van der Waals surface area contributed by atoms with Crippen LogP contribution in [0.1, 0.15) is 23.3 Å². The molecule has 1 aliphatic rings. The van der Waals surface area contributed by atoms with E-state index in [0.29, 0.717) is 18.1 Å². The van der Waals surface area contributed by atoms with E-state index in [2.05, 4.69) is 20.8 Å². The number of anilines is 2. The van der Waals surface area contributed by atoms with Crippen molar-refractivity contribution in [2.75, 3.05) is 30.4 Å². The van der Waals surface area contributed by atoms with Crippen molar-refractivity contribution in [1.29, 1.82) is 0 Å². The number of nitrogens with one attached hydrogen (secondary N) is 2. The van der Waals surface area contributed by atoms with Crippen LogP contribution in [0.25, 0.3) is 0 Å². The zero-order valence-electron chi connectivity index (χ0n) is 13.5. The molecule has 2 aromatic rings. The molecule has 0 spiro atoms. The quantitative estimate of drug-likeness (QED) is 0.898. The first-order valence-electron chi connectivity index (χ1n) is 7.99. The third-order valence-electron chi connectivity index (χ3n) is 4.09. The highest BCUT2D eigenvalue weighted by Crippen LogP contribution is 2.24. The molecule has 7 heteroatoms. The summed E-state index contributed by atoms with van der Waals surface area (Å²) < 4.78 is 14.0. The maximum Gasteiger partial charge on any atom is 0.271 e. The van der Waals surface area contributed by atoms with Crippen LogP contribution in [0.15, 0.2) is 36.4 Å². The van der Waals surface area contributed by atoms with Gasteiger partial charge in [-0.3, -0.25) is 4.79 Å². The van der Waals surface area contributed by atoms with E-state index >= 15 is 0 Å². The molecule has 3 rings (SSSR count). The van der Waals surface area contributed by atoms with Crippen LogP contribution in [-0.2, 0) is 0 Å². The molecule has 1 aromatic carbocycles. The molecule has 126 valence electrons. The molecule has 1 atom stereocenters. The van der Waals surface area contributed by atoms with E-state index in [1.165, 1.54) is 6.07 Å². The number of halogens is 1. The average molecular weight is 329 g/mol. The monoisotopic (exact) mass is 329 g/mol. The standard InChI is InChI=1S/C17H20FN5O/c1-19-17(24)14-8-9-16(22-21-14)20-12-5-4-10-23(11-12)15-7-3-2-6-13(15)18/h2-3,6-9,12H,4-5,10-11H2,1H3,(H,19,24)(H,20,22). The van der Waals surface area contributed by atoms with E-state index in [1.54, 1.807) is 31.3 Å². The minimum absolute atomic E-state index is 0.151. The van der Waals surface area contributed by atoms with Gasteiger partial charge in [0.2, 0.25) is 0 Å². The largest absolute Gasteiger partial charge is 0.367 e. The molecule has 1 saturated heterocycles. The van der Waals surface area contributed by atoms with Gasteiger partial charge in [0.1, 0.15) is 11.6 Å². The summed E-state index contributed by atoms with van der Waals surface area (Å²) in [6.45, 7) is 1.53. The van der Waals surface area contributed by atoms with Crippen molar-refractivity contribution in [3.05, 3.63) is 47.9 Å². The van der Waals surface area contributed by atoms with Crippen molar-refractivity contribution in [3.63, 3.8) is 0 Å². The van der Waals surface area contributed by atoms with Crippen LogP contribution in [0.5, 0.6) is 0 Å². The minimum atomic E-state index is -0.266. The summed E-state index contributed by atoms with van der Waals surface area (Å²) in [6, 6.07) is 10.3. The van der Waals surface area contributed by atoms with Crippen LogP contribution in [-0.4, -0.2) is 42.3 Å². The fourth-order valence-corrected chi connectivity index (χ4v) is 2.89. The zero-order valence-corrected chi connectivity index (χ0v) is 13.5. The number of nitrogens with zero attached hydrogens (tertiary/aromatic N) is 3. The Morgan fingerprint density at radius 1 is 1.25 bits per heavy atom. The first-order valence-corrected chi connectivity index (χ1v) is 7.99. The molecule has 1 aliphatic heterocycles. The summed E-state index contributed by atoms with van der Waals surface area (Å²) in [5.41, 5.74) is 0.907. The number of carbonyl (C=O) groups excluding carboxylic acids is 1.